The second-order valence-electron chi connectivity index (χ2n) is 9.55. The van der Waals surface area contributed by atoms with E-state index in [0.29, 0.717) is 30.8 Å². The minimum atomic E-state index is -0.556. The third-order valence-corrected chi connectivity index (χ3v) is 6.14. The maximum absolute atomic E-state index is 12.9. The number of hydrogen-bond acceptors (Lipinski definition) is 6. The third-order valence-electron chi connectivity index (χ3n) is 6.14. The van der Waals surface area contributed by atoms with Gasteiger partial charge in [0.25, 0.3) is 0 Å². The standard InChI is InChI=1S/C24H36N6O3/c1-9-12-13-18-25-19-20(26-22(31)28(8)21(19)27(18)7)29-14-17(11-3)30(15-16(29)10-2)23(32)33-24(4,5)6/h16-17H,10-11,13-15H2,1-8H3/t16-,17+/m0/s1. The van der Waals surface area contributed by atoms with Crippen molar-refractivity contribution in [2.75, 3.05) is 18.0 Å². The lowest BCUT2D eigenvalue weighted by Gasteiger charge is -2.46. The molecule has 0 N–H and O–H groups in total. The van der Waals surface area contributed by atoms with E-state index >= 15 is 0 Å². The summed E-state index contributed by atoms with van der Waals surface area (Å²) in [6.45, 7) is 12.6. The SMILES string of the molecule is CC#CCc1nc2c(N3C[C@@H](CC)N(C(=O)OC(C)(C)C)C[C@@H]3CC)nc(=O)n(C)c2n1C. The van der Waals surface area contributed by atoms with Crippen molar-refractivity contribution in [2.45, 2.75) is 78.5 Å². The van der Waals surface area contributed by atoms with Gasteiger partial charge in [-0.3, -0.25) is 4.57 Å². The minimum absolute atomic E-state index is 0.0102. The molecular weight excluding hydrogens is 420 g/mol. The molecule has 0 bridgehead atoms. The van der Waals surface area contributed by atoms with Crippen LogP contribution < -0.4 is 10.6 Å². The number of ether oxygens (including phenoxy) is 1. The van der Waals surface area contributed by atoms with Crippen molar-refractivity contribution < 1.29 is 9.53 Å². The highest BCUT2D eigenvalue weighted by Gasteiger charge is 2.38. The van der Waals surface area contributed by atoms with Gasteiger partial charge in [-0.15, -0.1) is 5.92 Å². The molecule has 2 aromatic heterocycles. The Morgan fingerprint density at radius 3 is 2.33 bits per heavy atom. The van der Waals surface area contributed by atoms with Gasteiger partial charge in [-0.2, -0.15) is 4.98 Å². The molecule has 1 aliphatic rings. The quantitative estimate of drug-likeness (QED) is 0.658. The van der Waals surface area contributed by atoms with Crippen LogP contribution in [0.5, 0.6) is 0 Å². The zero-order valence-corrected chi connectivity index (χ0v) is 21.1. The molecule has 0 radical (unpaired) electrons. The fraction of sp³-hybridized carbons (Fsp3) is 0.667. The molecule has 0 aromatic carbocycles. The highest BCUT2D eigenvalue weighted by Crippen LogP contribution is 2.30. The number of nitrogens with zero attached hydrogens (tertiary/aromatic N) is 6. The molecule has 33 heavy (non-hydrogen) atoms. The molecule has 1 saturated heterocycles. The molecule has 1 amide bonds. The van der Waals surface area contributed by atoms with Crippen LogP contribution in [0.3, 0.4) is 0 Å². The topological polar surface area (TPSA) is 85.5 Å². The molecule has 1 fully saturated rings. The Morgan fingerprint density at radius 1 is 1.09 bits per heavy atom. The summed E-state index contributed by atoms with van der Waals surface area (Å²) >= 11 is 0. The first-order valence-electron chi connectivity index (χ1n) is 11.6. The number of piperazine rings is 1. The number of hydrogen-bond donors (Lipinski definition) is 0. The molecule has 0 spiro atoms. The fourth-order valence-electron chi connectivity index (χ4n) is 4.36. The number of imidazole rings is 1. The van der Waals surface area contributed by atoms with Gasteiger partial charge in [-0.25, -0.2) is 14.6 Å². The van der Waals surface area contributed by atoms with E-state index in [1.54, 1.807) is 14.0 Å². The van der Waals surface area contributed by atoms with Crippen molar-refractivity contribution >= 4 is 23.1 Å². The van der Waals surface area contributed by atoms with Gasteiger partial charge in [0.2, 0.25) is 0 Å². The number of aromatic nitrogens is 4. The second kappa shape index (κ2) is 9.46. The van der Waals surface area contributed by atoms with E-state index in [0.717, 1.165) is 24.3 Å². The molecular formula is C24H36N6O3. The summed E-state index contributed by atoms with van der Waals surface area (Å²) in [6, 6.07) is -0.0679. The average molecular weight is 457 g/mol. The molecule has 2 aromatic rings. The predicted molar refractivity (Wildman–Crippen MR) is 129 cm³/mol. The molecule has 9 heteroatoms. The van der Waals surface area contributed by atoms with Crippen LogP contribution in [0.4, 0.5) is 10.6 Å². The van der Waals surface area contributed by atoms with Crippen molar-refractivity contribution in [1.29, 1.82) is 0 Å². The van der Waals surface area contributed by atoms with E-state index in [1.807, 2.05) is 37.3 Å². The second-order valence-corrected chi connectivity index (χ2v) is 9.55. The van der Waals surface area contributed by atoms with Crippen LogP contribution in [0.2, 0.25) is 0 Å². The molecule has 2 atom stereocenters. The normalized spacial score (nSPS) is 18.9. The lowest BCUT2D eigenvalue weighted by molar-refractivity contribution is 0.00983. The number of fused-ring (bicyclic) bond motifs is 1. The van der Waals surface area contributed by atoms with Gasteiger partial charge in [-0.1, -0.05) is 19.8 Å². The van der Waals surface area contributed by atoms with E-state index in [4.69, 9.17) is 9.72 Å². The Balaban J connectivity index is 2.07. The van der Waals surface area contributed by atoms with Crippen LogP contribution in [0, 0.1) is 11.8 Å². The van der Waals surface area contributed by atoms with Crippen molar-refractivity contribution in [1.82, 2.24) is 24.0 Å². The molecule has 180 valence electrons. The van der Waals surface area contributed by atoms with Crippen LogP contribution >= 0.6 is 0 Å². The first kappa shape index (κ1) is 24.6. The van der Waals surface area contributed by atoms with Crippen molar-refractivity contribution in [3.8, 4) is 11.8 Å². The van der Waals surface area contributed by atoms with Crippen LogP contribution in [0.15, 0.2) is 4.79 Å². The first-order valence-corrected chi connectivity index (χ1v) is 11.6. The van der Waals surface area contributed by atoms with Crippen molar-refractivity contribution in [3.63, 3.8) is 0 Å². The molecule has 0 aliphatic carbocycles. The summed E-state index contributed by atoms with van der Waals surface area (Å²) in [5, 5.41) is 0. The van der Waals surface area contributed by atoms with Crippen LogP contribution in [-0.4, -0.2) is 60.9 Å². The third kappa shape index (κ3) is 4.85. The van der Waals surface area contributed by atoms with Crippen LogP contribution in [0.25, 0.3) is 11.2 Å². The van der Waals surface area contributed by atoms with Crippen molar-refractivity contribution in [3.05, 3.63) is 16.3 Å². The minimum Gasteiger partial charge on any atom is -0.444 e. The maximum atomic E-state index is 12.9. The lowest BCUT2D eigenvalue weighted by atomic mass is 10.0. The Kier molecular flexibility index (Phi) is 7.06. The highest BCUT2D eigenvalue weighted by molar-refractivity contribution is 5.85. The Morgan fingerprint density at radius 2 is 1.76 bits per heavy atom. The molecule has 0 unspecified atom stereocenters. The number of rotatable bonds is 4. The summed E-state index contributed by atoms with van der Waals surface area (Å²) in [5.41, 5.74) is 0.521. The molecule has 1 aliphatic heterocycles. The van der Waals surface area contributed by atoms with E-state index in [-0.39, 0.29) is 23.9 Å². The summed E-state index contributed by atoms with van der Waals surface area (Å²) in [6.07, 6.45) is 1.75. The van der Waals surface area contributed by atoms with E-state index < -0.39 is 5.60 Å². The largest absolute Gasteiger partial charge is 0.444 e. The summed E-state index contributed by atoms with van der Waals surface area (Å²) in [5.74, 6) is 7.33. The van der Waals surface area contributed by atoms with E-state index in [2.05, 4.69) is 35.6 Å². The zero-order valence-electron chi connectivity index (χ0n) is 21.1. The smallest absolute Gasteiger partial charge is 0.410 e. The Bertz CT molecular complexity index is 1150. The van der Waals surface area contributed by atoms with E-state index in [9.17, 15) is 9.59 Å². The summed E-state index contributed by atoms with van der Waals surface area (Å²) in [4.78, 5) is 39.0. The van der Waals surface area contributed by atoms with Gasteiger partial charge < -0.3 is 19.1 Å². The fourth-order valence-corrected chi connectivity index (χ4v) is 4.36. The zero-order chi connectivity index (χ0) is 24.5. The maximum Gasteiger partial charge on any atom is 0.410 e. The highest BCUT2D eigenvalue weighted by atomic mass is 16.6. The lowest BCUT2D eigenvalue weighted by Crippen LogP contribution is -2.60. The van der Waals surface area contributed by atoms with Gasteiger partial charge in [0.15, 0.2) is 5.82 Å². The molecule has 9 nitrogen and oxygen atoms in total. The van der Waals surface area contributed by atoms with Gasteiger partial charge >= 0.3 is 11.8 Å². The monoisotopic (exact) mass is 456 g/mol. The average Bonchev–Trinajstić information content (AvgIpc) is 3.09. The van der Waals surface area contributed by atoms with Gasteiger partial charge in [0.05, 0.1) is 12.5 Å². The van der Waals surface area contributed by atoms with Crippen molar-refractivity contribution in [2.24, 2.45) is 14.1 Å². The Hall–Kier alpha value is -3.02. The predicted octanol–water partition coefficient (Wildman–Crippen LogP) is 2.85. The van der Waals surface area contributed by atoms with Gasteiger partial charge in [0.1, 0.15) is 22.6 Å². The number of carbonyl (C=O) groups is 1. The molecule has 0 saturated carbocycles. The number of aryl methyl sites for hydroxylation is 2. The van der Waals surface area contributed by atoms with Crippen LogP contribution in [-0.2, 0) is 25.3 Å². The van der Waals surface area contributed by atoms with Gasteiger partial charge in [0, 0.05) is 33.2 Å². The molecule has 3 rings (SSSR count). The summed E-state index contributed by atoms with van der Waals surface area (Å²) in [7, 11) is 3.61. The van der Waals surface area contributed by atoms with Gasteiger partial charge in [-0.05, 0) is 40.5 Å². The number of anilines is 1. The van der Waals surface area contributed by atoms with Crippen LogP contribution in [0.1, 0.15) is 60.2 Å². The molecule has 3 heterocycles. The van der Waals surface area contributed by atoms with E-state index in [1.165, 1.54) is 4.57 Å². The number of amides is 1. The Labute approximate surface area is 195 Å². The first-order chi connectivity index (χ1) is 15.5. The number of carbonyl (C=O) groups excluding carboxylic acids is 1. The summed E-state index contributed by atoms with van der Waals surface area (Å²) < 4.78 is 9.13.